The van der Waals surface area contributed by atoms with Gasteiger partial charge in [-0.15, -0.1) is 0 Å². The van der Waals surface area contributed by atoms with E-state index in [9.17, 15) is 10.1 Å². The zero-order valence-corrected chi connectivity index (χ0v) is 15.1. The number of para-hydroxylation sites is 1. The van der Waals surface area contributed by atoms with Crippen LogP contribution in [0.5, 0.6) is 5.75 Å². The molecule has 1 N–H and O–H groups in total. The van der Waals surface area contributed by atoms with Gasteiger partial charge in [0.05, 0.1) is 7.11 Å². The number of ether oxygens (including phenoxy) is 1. The molecule has 0 fully saturated rings. The minimum atomic E-state index is -0.457. The van der Waals surface area contributed by atoms with Crippen molar-refractivity contribution in [1.29, 1.82) is 5.26 Å². The Morgan fingerprint density at radius 2 is 1.78 bits per heavy atom. The number of nitriles is 1. The number of benzene rings is 2. The summed E-state index contributed by atoms with van der Waals surface area (Å²) in [7, 11) is 1.58. The van der Waals surface area contributed by atoms with Crippen LogP contribution in [0.15, 0.2) is 72.3 Å². The lowest BCUT2D eigenvalue weighted by Gasteiger charge is -2.10. The molecule has 0 atom stereocenters. The fourth-order valence-corrected chi connectivity index (χ4v) is 2.77. The van der Waals surface area contributed by atoms with E-state index in [1.807, 2.05) is 60.0 Å². The summed E-state index contributed by atoms with van der Waals surface area (Å²) >= 11 is 0. The van der Waals surface area contributed by atoms with Gasteiger partial charge in [-0.2, -0.15) is 5.26 Å². The maximum absolute atomic E-state index is 12.5. The Bertz CT molecular complexity index is 1010. The summed E-state index contributed by atoms with van der Waals surface area (Å²) in [6, 6.07) is 22.6. The molecule has 1 aromatic heterocycles. The molecule has 3 rings (SSSR count). The third-order valence-corrected chi connectivity index (χ3v) is 4.13. The van der Waals surface area contributed by atoms with Crippen molar-refractivity contribution in [1.82, 2.24) is 4.57 Å². The second-order valence-corrected chi connectivity index (χ2v) is 5.92. The molecule has 27 heavy (non-hydrogen) atoms. The number of methoxy groups -OCH3 is 1. The van der Waals surface area contributed by atoms with E-state index < -0.39 is 5.91 Å². The summed E-state index contributed by atoms with van der Waals surface area (Å²) in [6.07, 6.45) is 1.60. The van der Waals surface area contributed by atoms with E-state index in [1.165, 1.54) is 0 Å². The second-order valence-electron chi connectivity index (χ2n) is 5.92. The number of nitrogens with zero attached hydrogens (tertiary/aromatic N) is 2. The Morgan fingerprint density at radius 1 is 1.07 bits per heavy atom. The maximum Gasteiger partial charge on any atom is 0.266 e. The topological polar surface area (TPSA) is 67.0 Å². The normalized spacial score (nSPS) is 10.9. The molecule has 5 heteroatoms. The van der Waals surface area contributed by atoms with Crippen molar-refractivity contribution >= 4 is 17.7 Å². The molecule has 0 aliphatic rings. The Labute approximate surface area is 158 Å². The highest BCUT2D eigenvalue weighted by molar-refractivity contribution is 6.09. The van der Waals surface area contributed by atoms with Crippen LogP contribution >= 0.6 is 0 Å². The highest BCUT2D eigenvalue weighted by Crippen LogP contribution is 2.20. The summed E-state index contributed by atoms with van der Waals surface area (Å²) in [5, 5.41) is 12.2. The first kappa shape index (κ1) is 18.0. The lowest BCUT2D eigenvalue weighted by Crippen LogP contribution is -2.13. The number of nitrogens with one attached hydrogen (secondary N) is 1. The van der Waals surface area contributed by atoms with Gasteiger partial charge in [0.25, 0.3) is 5.91 Å². The molecular weight excluding hydrogens is 338 g/mol. The van der Waals surface area contributed by atoms with E-state index >= 15 is 0 Å². The smallest absolute Gasteiger partial charge is 0.266 e. The Balaban J connectivity index is 1.88. The summed E-state index contributed by atoms with van der Waals surface area (Å²) < 4.78 is 7.10. The van der Waals surface area contributed by atoms with Crippen molar-refractivity contribution in [3.05, 3.63) is 83.7 Å². The molecule has 0 unspecified atom stereocenters. The molecule has 0 saturated carbocycles. The maximum atomic E-state index is 12.5. The quantitative estimate of drug-likeness (QED) is 0.545. The largest absolute Gasteiger partial charge is 0.497 e. The van der Waals surface area contributed by atoms with Crippen LogP contribution in [0.1, 0.15) is 11.4 Å². The highest BCUT2D eigenvalue weighted by Gasteiger charge is 2.12. The molecule has 0 bridgehead atoms. The van der Waals surface area contributed by atoms with Crippen molar-refractivity contribution in [2.24, 2.45) is 0 Å². The third kappa shape index (κ3) is 4.07. The molecule has 0 spiro atoms. The van der Waals surface area contributed by atoms with Crippen molar-refractivity contribution in [2.45, 2.75) is 6.92 Å². The predicted octanol–water partition coefficient (Wildman–Crippen LogP) is 4.34. The van der Waals surface area contributed by atoms with E-state index in [1.54, 1.807) is 37.5 Å². The number of aryl methyl sites for hydroxylation is 1. The van der Waals surface area contributed by atoms with Crippen molar-refractivity contribution < 1.29 is 9.53 Å². The van der Waals surface area contributed by atoms with Gasteiger partial charge in [-0.3, -0.25) is 4.79 Å². The van der Waals surface area contributed by atoms with Crippen LogP contribution in [0.4, 0.5) is 5.69 Å². The van der Waals surface area contributed by atoms with Gasteiger partial charge in [0.2, 0.25) is 0 Å². The number of rotatable bonds is 5. The fraction of sp³-hybridized carbons (Fsp3) is 0.0909. The Kier molecular flexibility index (Phi) is 5.38. The molecule has 3 aromatic rings. The second kappa shape index (κ2) is 8.07. The molecule has 1 heterocycles. The lowest BCUT2D eigenvalue weighted by atomic mass is 10.2. The Morgan fingerprint density at radius 3 is 2.41 bits per heavy atom. The first-order valence-electron chi connectivity index (χ1n) is 8.43. The van der Waals surface area contributed by atoms with Crippen LogP contribution in [0.25, 0.3) is 11.8 Å². The summed E-state index contributed by atoms with van der Waals surface area (Å²) in [4.78, 5) is 12.5. The average molecular weight is 357 g/mol. The van der Waals surface area contributed by atoms with Gasteiger partial charge in [0.15, 0.2) is 0 Å². The first-order chi connectivity index (χ1) is 13.1. The summed E-state index contributed by atoms with van der Waals surface area (Å²) in [5.74, 6) is 0.237. The molecule has 2 aromatic carbocycles. The zero-order chi connectivity index (χ0) is 19.2. The van der Waals surface area contributed by atoms with Crippen LogP contribution in [0.2, 0.25) is 0 Å². The van der Waals surface area contributed by atoms with Crippen molar-refractivity contribution in [3.63, 3.8) is 0 Å². The molecule has 0 radical (unpaired) electrons. The van der Waals surface area contributed by atoms with Gasteiger partial charge in [-0.1, -0.05) is 18.2 Å². The van der Waals surface area contributed by atoms with Crippen LogP contribution in [0.3, 0.4) is 0 Å². The molecule has 0 saturated heterocycles. The summed E-state index contributed by atoms with van der Waals surface area (Å²) in [6.45, 7) is 1.98. The number of aromatic nitrogens is 1. The van der Waals surface area contributed by atoms with Crippen LogP contribution in [-0.4, -0.2) is 17.6 Å². The summed E-state index contributed by atoms with van der Waals surface area (Å²) in [5.41, 5.74) is 3.37. The van der Waals surface area contributed by atoms with E-state index in [0.717, 1.165) is 17.1 Å². The SMILES string of the molecule is COc1ccc(NC(=O)/C(C#N)=C\c2ccc(C)n2-c2ccccc2)cc1. The fourth-order valence-electron chi connectivity index (χ4n) is 2.77. The number of amides is 1. The number of hydrogen-bond donors (Lipinski definition) is 1. The third-order valence-electron chi connectivity index (χ3n) is 4.13. The molecule has 0 aliphatic carbocycles. The van der Waals surface area contributed by atoms with Gasteiger partial charge in [-0.25, -0.2) is 0 Å². The number of hydrogen-bond acceptors (Lipinski definition) is 3. The molecule has 134 valence electrons. The molecule has 0 aliphatic heterocycles. The van der Waals surface area contributed by atoms with Crippen LogP contribution in [0, 0.1) is 18.3 Å². The monoisotopic (exact) mass is 357 g/mol. The number of carbonyl (C=O) groups is 1. The number of anilines is 1. The van der Waals surface area contributed by atoms with Gasteiger partial charge >= 0.3 is 0 Å². The Hall–Kier alpha value is -3.78. The molecule has 5 nitrogen and oxygen atoms in total. The predicted molar refractivity (Wildman–Crippen MR) is 106 cm³/mol. The van der Waals surface area contributed by atoms with Crippen molar-refractivity contribution in [2.75, 3.05) is 12.4 Å². The minimum absolute atomic E-state index is 0.0288. The van der Waals surface area contributed by atoms with Gasteiger partial charge in [0, 0.05) is 22.8 Å². The van der Waals surface area contributed by atoms with Crippen molar-refractivity contribution in [3.8, 4) is 17.5 Å². The number of carbonyl (C=O) groups excluding carboxylic acids is 1. The standard InChI is InChI=1S/C22H19N3O2/c1-16-8-11-20(25(16)19-6-4-3-5-7-19)14-17(15-23)22(26)24-18-9-12-21(27-2)13-10-18/h3-14H,1-2H3,(H,24,26)/b17-14-. The van der Waals surface area contributed by atoms with E-state index in [0.29, 0.717) is 11.4 Å². The van der Waals surface area contributed by atoms with Crippen LogP contribution in [-0.2, 0) is 4.79 Å². The van der Waals surface area contributed by atoms with E-state index in [2.05, 4.69) is 5.32 Å². The zero-order valence-electron chi connectivity index (χ0n) is 15.1. The van der Waals surface area contributed by atoms with Gasteiger partial charge in [0.1, 0.15) is 17.4 Å². The van der Waals surface area contributed by atoms with Crippen LogP contribution < -0.4 is 10.1 Å². The van der Waals surface area contributed by atoms with Gasteiger partial charge < -0.3 is 14.6 Å². The molecular formula is C22H19N3O2. The molecule has 1 amide bonds. The van der Waals surface area contributed by atoms with E-state index in [-0.39, 0.29) is 5.57 Å². The first-order valence-corrected chi connectivity index (χ1v) is 8.43. The van der Waals surface area contributed by atoms with Gasteiger partial charge in [-0.05, 0) is 61.5 Å². The average Bonchev–Trinajstić information content (AvgIpc) is 3.07. The lowest BCUT2D eigenvalue weighted by molar-refractivity contribution is -0.112. The van der Waals surface area contributed by atoms with E-state index in [4.69, 9.17) is 4.74 Å². The highest BCUT2D eigenvalue weighted by atomic mass is 16.5. The minimum Gasteiger partial charge on any atom is -0.497 e.